The maximum Gasteiger partial charge on any atom is 0.422 e. The topological polar surface area (TPSA) is 59.1 Å². The molecule has 1 aliphatic rings. The van der Waals surface area contributed by atoms with Gasteiger partial charge in [-0.25, -0.2) is 8.42 Å². The van der Waals surface area contributed by atoms with Crippen molar-refractivity contribution in [3.8, 4) is 11.5 Å². The van der Waals surface area contributed by atoms with E-state index in [2.05, 4.69) is 9.47 Å². The van der Waals surface area contributed by atoms with Crippen LogP contribution in [0.3, 0.4) is 0 Å². The van der Waals surface area contributed by atoms with Crippen molar-refractivity contribution < 1.29 is 44.2 Å². The van der Waals surface area contributed by atoms with Gasteiger partial charge in [-0.1, -0.05) is 12.1 Å². The van der Waals surface area contributed by atoms with Crippen LogP contribution in [0.5, 0.6) is 11.5 Å². The molecule has 0 bridgehead atoms. The quantitative estimate of drug-likeness (QED) is 0.490. The van der Waals surface area contributed by atoms with Crippen molar-refractivity contribution in [1.29, 1.82) is 0 Å². The number of ether oxygens (including phenoxy) is 2. The van der Waals surface area contributed by atoms with Crippen LogP contribution in [0.15, 0.2) is 41.3 Å². The molecule has 0 radical (unpaired) electrons. The largest absolute Gasteiger partial charge is 0.484 e. The van der Waals surface area contributed by atoms with Crippen molar-refractivity contribution in [2.45, 2.75) is 31.1 Å². The average molecular weight is 526 g/mol. The fourth-order valence-electron chi connectivity index (χ4n) is 3.59. The third-order valence-corrected chi connectivity index (χ3v) is 7.19. The first-order chi connectivity index (χ1) is 16.2. The van der Waals surface area contributed by atoms with Gasteiger partial charge >= 0.3 is 12.4 Å². The molecule has 6 nitrogen and oxygen atoms in total. The molecule has 0 saturated carbocycles. The third kappa shape index (κ3) is 7.17. The minimum Gasteiger partial charge on any atom is -0.484 e. The second-order valence-corrected chi connectivity index (χ2v) is 10.0. The molecule has 35 heavy (non-hydrogen) atoms. The van der Waals surface area contributed by atoms with Gasteiger partial charge in [-0.15, -0.1) is 0 Å². The number of piperazine rings is 1. The van der Waals surface area contributed by atoms with Crippen LogP contribution in [0.25, 0.3) is 0 Å². The van der Waals surface area contributed by atoms with Crippen molar-refractivity contribution in [2.24, 2.45) is 0 Å². The molecule has 0 amide bonds. The highest BCUT2D eigenvalue weighted by Gasteiger charge is 2.35. The van der Waals surface area contributed by atoms with Crippen LogP contribution in [0, 0.1) is 13.8 Å². The van der Waals surface area contributed by atoms with Gasteiger partial charge in [0.05, 0.1) is 0 Å². The zero-order valence-electron chi connectivity index (χ0n) is 18.9. The lowest BCUT2D eigenvalue weighted by atomic mass is 10.1. The molecule has 2 aromatic carbocycles. The van der Waals surface area contributed by atoms with E-state index in [1.165, 1.54) is 0 Å². The van der Waals surface area contributed by atoms with Gasteiger partial charge in [0.1, 0.15) is 16.4 Å². The highest BCUT2D eigenvalue weighted by molar-refractivity contribution is 7.89. The molecule has 1 fully saturated rings. The van der Waals surface area contributed by atoms with E-state index in [1.54, 1.807) is 0 Å². The molecule has 1 heterocycles. The summed E-state index contributed by atoms with van der Waals surface area (Å²) in [6.07, 6.45) is -9.43. The zero-order chi connectivity index (χ0) is 26.0. The smallest absolute Gasteiger partial charge is 0.422 e. The van der Waals surface area contributed by atoms with Gasteiger partial charge in [-0.05, 0) is 43.2 Å². The number of hydrogen-bond donors (Lipinski definition) is 0. The Morgan fingerprint density at radius 3 is 2.03 bits per heavy atom. The lowest BCUT2D eigenvalue weighted by Gasteiger charge is -2.36. The predicted molar refractivity (Wildman–Crippen MR) is 116 cm³/mol. The standard InChI is InChI=1S/C22H24F6N2O4S/c1-15-3-4-16(2)18(11-15)29-7-9-30(10-8-29)35(31,32)20-12-17(33-13-21(23,24)25)5-6-19(20)34-14-22(26,27)28/h3-6,11-12H,7-10,13-14H2,1-2H3. The number of anilines is 1. The molecule has 0 spiro atoms. The number of hydrogen-bond acceptors (Lipinski definition) is 5. The fourth-order valence-corrected chi connectivity index (χ4v) is 5.16. The highest BCUT2D eigenvalue weighted by Crippen LogP contribution is 2.34. The zero-order valence-corrected chi connectivity index (χ0v) is 19.7. The van der Waals surface area contributed by atoms with E-state index in [9.17, 15) is 34.8 Å². The second-order valence-electron chi connectivity index (χ2n) is 8.10. The van der Waals surface area contributed by atoms with E-state index >= 15 is 0 Å². The van der Waals surface area contributed by atoms with Crippen molar-refractivity contribution in [2.75, 3.05) is 44.3 Å². The number of nitrogens with zero attached hydrogens (tertiary/aromatic N) is 2. The first-order valence-electron chi connectivity index (χ1n) is 10.5. The Kier molecular flexibility index (Phi) is 7.80. The molecule has 0 atom stereocenters. The number of halogens is 6. The summed E-state index contributed by atoms with van der Waals surface area (Å²) in [5, 5.41) is 0. The third-order valence-electron chi connectivity index (χ3n) is 5.27. The van der Waals surface area contributed by atoms with Crippen LogP contribution in [-0.4, -0.2) is 64.5 Å². The summed E-state index contributed by atoms with van der Waals surface area (Å²) in [6, 6.07) is 8.42. The van der Waals surface area contributed by atoms with Crippen LogP contribution in [0.1, 0.15) is 11.1 Å². The Labute approximate surface area is 199 Å². The summed E-state index contributed by atoms with van der Waals surface area (Å²) < 4.78 is 113. The van der Waals surface area contributed by atoms with Gasteiger partial charge in [-0.3, -0.25) is 0 Å². The fraction of sp³-hybridized carbons (Fsp3) is 0.455. The number of sulfonamides is 1. The predicted octanol–water partition coefficient (Wildman–Crippen LogP) is 4.70. The maximum atomic E-state index is 13.3. The van der Waals surface area contributed by atoms with Crippen molar-refractivity contribution in [3.63, 3.8) is 0 Å². The molecule has 0 aliphatic carbocycles. The molecule has 0 unspecified atom stereocenters. The lowest BCUT2D eigenvalue weighted by Crippen LogP contribution is -2.49. The normalized spacial score (nSPS) is 15.8. The Hall–Kier alpha value is -2.67. The molecule has 0 N–H and O–H groups in total. The molecular formula is C22H24F6N2O4S. The van der Waals surface area contributed by atoms with E-state index in [0.29, 0.717) is 13.1 Å². The van der Waals surface area contributed by atoms with Crippen LogP contribution >= 0.6 is 0 Å². The van der Waals surface area contributed by atoms with Crippen LogP contribution in [0.2, 0.25) is 0 Å². The average Bonchev–Trinajstić information content (AvgIpc) is 2.77. The van der Waals surface area contributed by atoms with Gasteiger partial charge in [0.15, 0.2) is 13.2 Å². The van der Waals surface area contributed by atoms with Crippen LogP contribution in [-0.2, 0) is 10.0 Å². The first kappa shape index (κ1) is 26.9. The number of aryl methyl sites for hydroxylation is 2. The molecule has 1 aliphatic heterocycles. The Morgan fingerprint density at radius 1 is 0.829 bits per heavy atom. The van der Waals surface area contributed by atoms with E-state index < -0.39 is 52.0 Å². The van der Waals surface area contributed by atoms with Gasteiger partial charge in [0, 0.05) is 37.9 Å². The molecule has 13 heteroatoms. The van der Waals surface area contributed by atoms with Gasteiger partial charge in [0.25, 0.3) is 0 Å². The van der Waals surface area contributed by atoms with Crippen LogP contribution in [0.4, 0.5) is 32.0 Å². The van der Waals surface area contributed by atoms with E-state index in [0.717, 1.165) is 39.3 Å². The number of benzene rings is 2. The highest BCUT2D eigenvalue weighted by atomic mass is 32.2. The Balaban J connectivity index is 1.85. The number of rotatable bonds is 7. The van der Waals surface area contributed by atoms with Gasteiger partial charge in [0.2, 0.25) is 10.0 Å². The Bertz CT molecular complexity index is 1140. The van der Waals surface area contributed by atoms with Crippen molar-refractivity contribution >= 4 is 15.7 Å². The summed E-state index contributed by atoms with van der Waals surface area (Å²) >= 11 is 0. The molecule has 3 rings (SSSR count). The van der Waals surface area contributed by atoms with Crippen LogP contribution < -0.4 is 14.4 Å². The van der Waals surface area contributed by atoms with E-state index in [4.69, 9.17) is 0 Å². The van der Waals surface area contributed by atoms with Crippen molar-refractivity contribution in [1.82, 2.24) is 4.31 Å². The second kappa shape index (κ2) is 10.1. The molecule has 1 saturated heterocycles. The summed E-state index contributed by atoms with van der Waals surface area (Å²) in [7, 11) is -4.41. The molecule has 0 aromatic heterocycles. The minimum absolute atomic E-state index is 0.0159. The summed E-state index contributed by atoms with van der Waals surface area (Å²) in [6.45, 7) is 1.06. The first-order valence-corrected chi connectivity index (χ1v) is 12.0. The summed E-state index contributed by atoms with van der Waals surface area (Å²) in [5.41, 5.74) is 2.98. The van der Waals surface area contributed by atoms with Gasteiger partial charge < -0.3 is 14.4 Å². The summed E-state index contributed by atoms with van der Waals surface area (Å²) in [4.78, 5) is 1.31. The maximum absolute atomic E-state index is 13.3. The lowest BCUT2D eigenvalue weighted by molar-refractivity contribution is -0.154. The Morgan fingerprint density at radius 2 is 1.43 bits per heavy atom. The number of alkyl halides is 6. The molecule has 2 aromatic rings. The van der Waals surface area contributed by atoms with Gasteiger partial charge in [-0.2, -0.15) is 30.6 Å². The SMILES string of the molecule is Cc1ccc(C)c(N2CCN(S(=O)(=O)c3cc(OCC(F)(F)F)ccc3OCC(F)(F)F)CC2)c1. The van der Waals surface area contributed by atoms with E-state index in [-0.39, 0.29) is 13.1 Å². The molecule has 194 valence electrons. The monoisotopic (exact) mass is 526 g/mol. The van der Waals surface area contributed by atoms with E-state index in [1.807, 2.05) is 36.9 Å². The minimum atomic E-state index is -4.75. The van der Waals surface area contributed by atoms with Crippen molar-refractivity contribution in [3.05, 3.63) is 47.5 Å². The summed E-state index contributed by atoms with van der Waals surface area (Å²) in [5.74, 6) is -1.09. The molecular weight excluding hydrogens is 502 g/mol.